The van der Waals surface area contributed by atoms with Crippen molar-refractivity contribution in [2.75, 3.05) is 5.32 Å². The van der Waals surface area contributed by atoms with E-state index in [1.807, 2.05) is 163 Å². The topological polar surface area (TPSA) is 128 Å². The predicted octanol–water partition coefficient (Wildman–Crippen LogP) is 10.4. The van der Waals surface area contributed by atoms with E-state index < -0.39 is 46.8 Å². The van der Waals surface area contributed by atoms with Crippen LogP contribution in [0.2, 0.25) is 0 Å². The summed E-state index contributed by atoms with van der Waals surface area (Å²) in [6.07, 6.45) is -4.97. The van der Waals surface area contributed by atoms with Crippen LogP contribution >= 0.6 is 11.3 Å². The number of hydrogen-bond donors (Lipinski definition) is 5. The molecule has 1 saturated heterocycles. The third-order valence-electron chi connectivity index (χ3n) is 12.8. The van der Waals surface area contributed by atoms with Crippen LogP contribution in [0.15, 0.2) is 187 Å². The normalized spacial score (nSPS) is 22.8. The molecule has 1 aromatic heterocycles. The van der Waals surface area contributed by atoms with Crippen LogP contribution in [0.3, 0.4) is 0 Å². The molecule has 0 radical (unpaired) electrons. The first-order valence-corrected chi connectivity index (χ1v) is 23.5. The summed E-state index contributed by atoms with van der Waals surface area (Å²) in [7, 11) is 0. The zero-order valence-corrected chi connectivity index (χ0v) is 38.5. The fraction of sp³-hybridized carbons (Fsp3) is 0.281. The highest BCUT2D eigenvalue weighted by Gasteiger charge is 2.72. The van der Waals surface area contributed by atoms with Crippen LogP contribution in [0.4, 0.5) is 10.5 Å². The average molecular weight is 902 g/mol. The second-order valence-electron chi connectivity index (χ2n) is 18.6. The van der Waals surface area contributed by atoms with E-state index in [0.29, 0.717) is 28.7 Å². The number of thiophene rings is 1. The second kappa shape index (κ2) is 19.9. The zero-order chi connectivity index (χ0) is 46.4. The molecule has 340 valence electrons. The number of aliphatic hydroxyl groups is 4. The minimum Gasteiger partial charge on any atom is -0.444 e. The van der Waals surface area contributed by atoms with Gasteiger partial charge in [-0.1, -0.05) is 170 Å². The summed E-state index contributed by atoms with van der Waals surface area (Å²) >= 11 is 1.64. The Bertz CT molecular complexity index is 2630. The van der Waals surface area contributed by atoms with Crippen molar-refractivity contribution in [3.63, 3.8) is 0 Å². The second-order valence-corrected chi connectivity index (χ2v) is 19.6. The molecule has 6 aromatic carbocycles. The first-order chi connectivity index (χ1) is 31.7. The number of benzene rings is 6. The number of carbonyl (C=O) groups is 1. The Morgan fingerprint density at radius 1 is 0.636 bits per heavy atom. The molecule has 8 rings (SSSR count). The van der Waals surface area contributed by atoms with Gasteiger partial charge in [0.05, 0.1) is 6.10 Å². The Balaban J connectivity index is 1.40. The van der Waals surface area contributed by atoms with Crippen LogP contribution < -0.4 is 5.32 Å². The number of ether oxygens (including phenoxy) is 2. The molecule has 0 spiro atoms. The SMILES string of the molecule is CC(C)(C)OC(=O)Nc1ccc(C(Cc2ccccc2)c2cccs2)cc1[C@@H]1O[C@H](C(O)Cc2ccccc2)[C@](O)(Cc2ccccc2)[C@@](O)(Cc2ccccc2)[C@]1(O)Cc1ccccc1. The number of hydrogen-bond acceptors (Lipinski definition) is 8. The summed E-state index contributed by atoms with van der Waals surface area (Å²) < 4.78 is 13.1. The van der Waals surface area contributed by atoms with E-state index in [4.69, 9.17) is 9.47 Å². The molecule has 1 amide bonds. The van der Waals surface area contributed by atoms with Crippen molar-refractivity contribution in [1.82, 2.24) is 0 Å². The number of rotatable bonds is 15. The van der Waals surface area contributed by atoms with Crippen LogP contribution in [-0.4, -0.2) is 61.1 Å². The smallest absolute Gasteiger partial charge is 0.412 e. The quantitative estimate of drug-likeness (QED) is 0.0693. The summed E-state index contributed by atoms with van der Waals surface area (Å²) in [4.78, 5) is 15.0. The molecule has 1 aliphatic rings. The van der Waals surface area contributed by atoms with E-state index in [9.17, 15) is 25.2 Å². The van der Waals surface area contributed by atoms with Gasteiger partial charge in [0, 0.05) is 47.7 Å². The van der Waals surface area contributed by atoms with Crippen molar-refractivity contribution in [3.05, 3.63) is 231 Å². The minimum atomic E-state index is -2.45. The lowest BCUT2D eigenvalue weighted by molar-refractivity contribution is -0.368. The molecule has 0 aliphatic carbocycles. The molecule has 0 bridgehead atoms. The van der Waals surface area contributed by atoms with E-state index in [2.05, 4.69) is 23.5 Å². The summed E-state index contributed by atoms with van der Waals surface area (Å²) in [6, 6.07) is 57.4. The van der Waals surface area contributed by atoms with Gasteiger partial charge in [0.25, 0.3) is 0 Å². The number of anilines is 1. The molecule has 2 unspecified atom stereocenters. The maximum atomic E-state index is 14.3. The van der Waals surface area contributed by atoms with E-state index in [1.54, 1.807) is 38.2 Å². The first-order valence-electron chi connectivity index (χ1n) is 22.6. The minimum absolute atomic E-state index is 0.0639. The van der Waals surface area contributed by atoms with E-state index in [-0.39, 0.29) is 37.3 Å². The van der Waals surface area contributed by atoms with Crippen LogP contribution in [0, 0.1) is 0 Å². The van der Waals surface area contributed by atoms with Gasteiger partial charge in [-0.2, -0.15) is 0 Å². The fourth-order valence-electron chi connectivity index (χ4n) is 9.66. The van der Waals surface area contributed by atoms with Gasteiger partial charge < -0.3 is 29.9 Å². The molecule has 1 fully saturated rings. The lowest BCUT2D eigenvalue weighted by Gasteiger charge is -2.62. The molecule has 66 heavy (non-hydrogen) atoms. The number of nitrogens with one attached hydrogen (secondary N) is 1. The monoisotopic (exact) mass is 901 g/mol. The molecule has 7 aromatic rings. The maximum absolute atomic E-state index is 14.3. The Morgan fingerprint density at radius 3 is 1.62 bits per heavy atom. The maximum Gasteiger partial charge on any atom is 0.412 e. The number of carbonyl (C=O) groups excluding carboxylic acids is 1. The summed E-state index contributed by atoms with van der Waals surface area (Å²) in [5.41, 5.74) is -2.58. The highest BCUT2D eigenvalue weighted by atomic mass is 32.1. The van der Waals surface area contributed by atoms with Crippen LogP contribution in [0.25, 0.3) is 0 Å². The van der Waals surface area contributed by atoms with Gasteiger partial charge in [0.2, 0.25) is 0 Å². The van der Waals surface area contributed by atoms with Gasteiger partial charge in [0.1, 0.15) is 34.6 Å². The molecule has 1 aliphatic heterocycles. The van der Waals surface area contributed by atoms with Crippen molar-refractivity contribution < 1.29 is 34.7 Å². The fourth-order valence-corrected chi connectivity index (χ4v) is 10.5. The van der Waals surface area contributed by atoms with Crippen molar-refractivity contribution >= 4 is 23.1 Å². The third kappa shape index (κ3) is 10.2. The molecule has 5 N–H and O–H groups in total. The van der Waals surface area contributed by atoms with Gasteiger partial charge in [-0.15, -0.1) is 11.3 Å². The first kappa shape index (κ1) is 46.6. The van der Waals surface area contributed by atoms with E-state index >= 15 is 0 Å². The third-order valence-corrected chi connectivity index (χ3v) is 13.7. The van der Waals surface area contributed by atoms with Gasteiger partial charge >= 0.3 is 6.09 Å². The predicted molar refractivity (Wildman–Crippen MR) is 262 cm³/mol. The van der Waals surface area contributed by atoms with Crippen molar-refractivity contribution in [1.29, 1.82) is 0 Å². The van der Waals surface area contributed by atoms with Crippen molar-refractivity contribution in [2.24, 2.45) is 0 Å². The van der Waals surface area contributed by atoms with Crippen LogP contribution in [0.5, 0.6) is 0 Å². The van der Waals surface area contributed by atoms with Crippen molar-refractivity contribution in [3.8, 4) is 0 Å². The highest BCUT2D eigenvalue weighted by molar-refractivity contribution is 7.10. The Morgan fingerprint density at radius 2 is 1.12 bits per heavy atom. The van der Waals surface area contributed by atoms with E-state index in [1.165, 1.54) is 0 Å². The summed E-state index contributed by atoms with van der Waals surface area (Å²) in [6.45, 7) is 5.35. The standard InChI is InChI=1S/C57H59NO7S/c1-54(2,3)65-53(60)58-48-32-31-45(46(50-30-19-33-66-50)34-40-20-9-4-10-21-40)36-47(48)51-55(61,37-42-24-13-6-14-25-42)57(63,39-44-28-17-8-18-29-44)56(62,38-43-26-15-7-16-27-43)52(64-51)49(59)35-41-22-11-5-12-23-41/h4-33,36,46,49,51-52,59,61-63H,34-35,37-39H2,1-3H3,(H,58,60)/t46?,49?,51-,52+,55-,56+,57+/m0/s1. The van der Waals surface area contributed by atoms with Gasteiger partial charge in [0.15, 0.2) is 0 Å². The largest absolute Gasteiger partial charge is 0.444 e. The lowest BCUT2D eigenvalue weighted by Crippen LogP contribution is -2.81. The average Bonchev–Trinajstić information content (AvgIpc) is 3.84. The molecule has 8 nitrogen and oxygen atoms in total. The molecule has 7 atom stereocenters. The number of aliphatic hydroxyl groups excluding tert-OH is 1. The van der Waals surface area contributed by atoms with Gasteiger partial charge in [-0.3, -0.25) is 5.32 Å². The van der Waals surface area contributed by atoms with Crippen LogP contribution in [-0.2, 0) is 41.6 Å². The summed E-state index contributed by atoms with van der Waals surface area (Å²) in [5, 5.41) is 60.1. The lowest BCUT2D eigenvalue weighted by atomic mass is 9.56. The highest BCUT2D eigenvalue weighted by Crippen LogP contribution is 2.56. The molecular formula is C57H59NO7S. The zero-order valence-electron chi connectivity index (χ0n) is 37.7. The Hall–Kier alpha value is -5.91. The summed E-state index contributed by atoms with van der Waals surface area (Å²) in [5.74, 6) is -0.162. The van der Waals surface area contributed by atoms with Gasteiger partial charge in [-0.25, -0.2) is 4.79 Å². The van der Waals surface area contributed by atoms with Crippen LogP contribution in [0.1, 0.15) is 76.6 Å². The van der Waals surface area contributed by atoms with Crippen molar-refractivity contribution in [2.45, 2.75) is 99.5 Å². The Kier molecular flexibility index (Phi) is 14.1. The molecule has 2 heterocycles. The molecular weight excluding hydrogens is 843 g/mol. The van der Waals surface area contributed by atoms with Gasteiger partial charge in [-0.05, 0) is 78.1 Å². The van der Waals surface area contributed by atoms with E-state index in [0.717, 1.165) is 21.6 Å². The molecule has 9 heteroatoms. The number of amides is 1. The molecule has 0 saturated carbocycles. The Labute approximate surface area is 392 Å².